The van der Waals surface area contributed by atoms with Crippen LogP contribution >= 0.6 is 11.8 Å². The molecule has 0 unspecified atom stereocenters. The second-order valence-corrected chi connectivity index (χ2v) is 4.83. The van der Waals surface area contributed by atoms with E-state index < -0.39 is 17.7 Å². The predicted octanol–water partition coefficient (Wildman–Crippen LogP) is 3.44. The fourth-order valence-electron chi connectivity index (χ4n) is 1.89. The Balaban J connectivity index is 2.63. The molecule has 1 N–H and O–H groups in total. The largest absolute Gasteiger partial charge is 0.478 e. The summed E-state index contributed by atoms with van der Waals surface area (Å²) in [6.45, 7) is 0. The number of hydrogen-bond acceptors (Lipinski definition) is 2. The molecule has 92 valence electrons. The maximum Gasteiger partial charge on any atom is 0.417 e. The number of thioether (sulfide) groups is 1. The van der Waals surface area contributed by atoms with Crippen molar-refractivity contribution in [1.82, 2.24) is 0 Å². The average molecular weight is 262 g/mol. The van der Waals surface area contributed by atoms with Crippen molar-refractivity contribution in [2.45, 2.75) is 23.9 Å². The van der Waals surface area contributed by atoms with Crippen LogP contribution in [0.2, 0.25) is 0 Å². The van der Waals surface area contributed by atoms with Gasteiger partial charge in [0.1, 0.15) is 0 Å². The first-order valence-electron chi connectivity index (χ1n) is 5.00. The van der Waals surface area contributed by atoms with E-state index in [1.165, 1.54) is 0 Å². The lowest BCUT2D eigenvalue weighted by molar-refractivity contribution is -0.139. The summed E-state index contributed by atoms with van der Waals surface area (Å²) in [5.74, 6) is -0.573. The number of benzene rings is 1. The highest BCUT2D eigenvalue weighted by Crippen LogP contribution is 2.42. The third kappa shape index (κ3) is 2.26. The monoisotopic (exact) mass is 262 g/mol. The van der Waals surface area contributed by atoms with Gasteiger partial charge in [-0.1, -0.05) is 0 Å². The zero-order valence-corrected chi connectivity index (χ0v) is 9.49. The highest BCUT2D eigenvalue weighted by molar-refractivity contribution is 7.99. The molecule has 2 rings (SSSR count). The number of alkyl halides is 3. The van der Waals surface area contributed by atoms with Gasteiger partial charge < -0.3 is 5.11 Å². The molecule has 0 amide bonds. The van der Waals surface area contributed by atoms with Gasteiger partial charge in [-0.15, -0.1) is 11.8 Å². The van der Waals surface area contributed by atoms with Crippen molar-refractivity contribution >= 4 is 17.7 Å². The minimum Gasteiger partial charge on any atom is -0.478 e. The lowest BCUT2D eigenvalue weighted by atomic mass is 9.99. The highest BCUT2D eigenvalue weighted by Gasteiger charge is 2.36. The van der Waals surface area contributed by atoms with Gasteiger partial charge in [-0.05, 0) is 36.3 Å². The molecular formula is C11H9F3O2S. The molecule has 6 heteroatoms. The maximum atomic E-state index is 12.7. The molecule has 0 radical (unpaired) electrons. The molecule has 1 aliphatic rings. The molecule has 0 saturated carbocycles. The third-order valence-electron chi connectivity index (χ3n) is 2.61. The van der Waals surface area contributed by atoms with E-state index in [4.69, 9.17) is 5.11 Å². The fraction of sp³-hybridized carbons (Fsp3) is 0.364. The van der Waals surface area contributed by atoms with Gasteiger partial charge in [0.05, 0.1) is 11.1 Å². The lowest BCUT2D eigenvalue weighted by Crippen LogP contribution is -2.15. The fourth-order valence-corrected chi connectivity index (χ4v) is 3.11. The van der Waals surface area contributed by atoms with Gasteiger partial charge >= 0.3 is 12.1 Å². The Morgan fingerprint density at radius 3 is 2.65 bits per heavy atom. The number of fused-ring (bicyclic) bond motifs is 1. The lowest BCUT2D eigenvalue weighted by Gasteiger charge is -2.21. The standard InChI is InChI=1S/C11H9F3O2S/c12-11(13,14)8-4-3-7(10(15)16)6-2-1-5-17-9(6)8/h3-4H,1-2,5H2,(H,15,16). The van der Waals surface area contributed by atoms with Gasteiger partial charge in [0.15, 0.2) is 0 Å². The van der Waals surface area contributed by atoms with E-state index in [0.29, 0.717) is 24.2 Å². The van der Waals surface area contributed by atoms with Gasteiger partial charge in [0, 0.05) is 4.90 Å². The van der Waals surface area contributed by atoms with Gasteiger partial charge in [-0.3, -0.25) is 0 Å². The molecule has 17 heavy (non-hydrogen) atoms. The maximum absolute atomic E-state index is 12.7. The Morgan fingerprint density at radius 2 is 2.06 bits per heavy atom. The Labute approximate surface area is 99.8 Å². The summed E-state index contributed by atoms with van der Waals surface area (Å²) in [7, 11) is 0. The van der Waals surface area contributed by atoms with Crippen LogP contribution in [0.1, 0.15) is 27.9 Å². The van der Waals surface area contributed by atoms with Crippen LogP contribution in [0.4, 0.5) is 13.2 Å². The van der Waals surface area contributed by atoms with Crippen LogP contribution in [0.3, 0.4) is 0 Å². The van der Waals surface area contributed by atoms with Crippen LogP contribution in [-0.2, 0) is 12.6 Å². The van der Waals surface area contributed by atoms with Crippen molar-refractivity contribution in [3.8, 4) is 0 Å². The molecule has 0 aliphatic carbocycles. The van der Waals surface area contributed by atoms with E-state index in [2.05, 4.69) is 0 Å². The SMILES string of the molecule is O=C(O)c1ccc(C(F)(F)F)c2c1CCCS2. The number of halogens is 3. The van der Waals surface area contributed by atoms with Gasteiger partial charge in [-0.2, -0.15) is 13.2 Å². The van der Waals surface area contributed by atoms with Crippen molar-refractivity contribution < 1.29 is 23.1 Å². The number of carboxylic acids is 1. The van der Waals surface area contributed by atoms with Crippen LogP contribution in [0, 0.1) is 0 Å². The quantitative estimate of drug-likeness (QED) is 0.842. The normalized spacial score (nSPS) is 15.5. The number of carboxylic acid groups (broad SMARTS) is 1. The summed E-state index contributed by atoms with van der Waals surface area (Å²) in [6, 6.07) is 1.91. The van der Waals surface area contributed by atoms with Crippen molar-refractivity contribution in [1.29, 1.82) is 0 Å². The molecule has 2 nitrogen and oxygen atoms in total. The Hall–Kier alpha value is -1.17. The van der Waals surface area contributed by atoms with E-state index in [1.54, 1.807) is 0 Å². The van der Waals surface area contributed by atoms with Crippen LogP contribution in [0.25, 0.3) is 0 Å². The van der Waals surface area contributed by atoms with E-state index in [-0.39, 0.29) is 10.5 Å². The van der Waals surface area contributed by atoms with Gasteiger partial charge in [0.25, 0.3) is 0 Å². The van der Waals surface area contributed by atoms with Crippen molar-refractivity contribution in [3.05, 3.63) is 28.8 Å². The first kappa shape index (κ1) is 12.3. The first-order valence-corrected chi connectivity index (χ1v) is 5.99. The number of carbonyl (C=O) groups is 1. The van der Waals surface area contributed by atoms with E-state index >= 15 is 0 Å². The van der Waals surface area contributed by atoms with Gasteiger partial charge in [-0.25, -0.2) is 4.79 Å². The zero-order chi connectivity index (χ0) is 12.6. The summed E-state index contributed by atoms with van der Waals surface area (Å²) in [4.78, 5) is 11.0. The average Bonchev–Trinajstić information content (AvgIpc) is 2.26. The summed E-state index contributed by atoms with van der Waals surface area (Å²) in [5.41, 5.74) is -0.411. The second kappa shape index (κ2) is 4.25. The minimum absolute atomic E-state index is 0.0137. The molecule has 1 aromatic carbocycles. The van der Waals surface area contributed by atoms with Crippen LogP contribution in [0.5, 0.6) is 0 Å². The molecule has 1 aromatic rings. The van der Waals surface area contributed by atoms with E-state index in [1.807, 2.05) is 0 Å². The van der Waals surface area contributed by atoms with E-state index in [0.717, 1.165) is 23.9 Å². The van der Waals surface area contributed by atoms with Crippen LogP contribution in [0.15, 0.2) is 17.0 Å². The van der Waals surface area contributed by atoms with Crippen molar-refractivity contribution in [2.24, 2.45) is 0 Å². The van der Waals surface area contributed by atoms with Gasteiger partial charge in [0.2, 0.25) is 0 Å². The minimum atomic E-state index is -4.43. The summed E-state index contributed by atoms with van der Waals surface area (Å²) < 4.78 is 38.2. The molecule has 0 atom stereocenters. The molecule has 0 spiro atoms. The Morgan fingerprint density at radius 1 is 1.35 bits per heavy atom. The first-order chi connectivity index (χ1) is 7.91. The smallest absolute Gasteiger partial charge is 0.417 e. The highest BCUT2D eigenvalue weighted by atomic mass is 32.2. The molecule has 1 heterocycles. The van der Waals surface area contributed by atoms with Crippen LogP contribution < -0.4 is 0 Å². The predicted molar refractivity (Wildman–Crippen MR) is 57.4 cm³/mol. The number of rotatable bonds is 1. The van der Waals surface area contributed by atoms with Crippen molar-refractivity contribution in [3.63, 3.8) is 0 Å². The molecular weight excluding hydrogens is 253 g/mol. The van der Waals surface area contributed by atoms with Crippen molar-refractivity contribution in [2.75, 3.05) is 5.75 Å². The third-order valence-corrected chi connectivity index (χ3v) is 3.86. The molecule has 0 aromatic heterocycles. The molecule has 0 saturated heterocycles. The second-order valence-electron chi connectivity index (χ2n) is 3.72. The summed E-state index contributed by atoms with van der Waals surface area (Å²) in [6.07, 6.45) is -3.32. The Kier molecular flexibility index (Phi) is 3.07. The van der Waals surface area contributed by atoms with Crippen LogP contribution in [-0.4, -0.2) is 16.8 Å². The summed E-state index contributed by atoms with van der Waals surface area (Å²) >= 11 is 1.09. The molecule has 0 bridgehead atoms. The molecule has 0 fully saturated rings. The zero-order valence-electron chi connectivity index (χ0n) is 8.67. The molecule has 1 aliphatic heterocycles. The number of aromatic carboxylic acids is 1. The summed E-state index contributed by atoms with van der Waals surface area (Å²) in [5, 5.41) is 8.94. The van der Waals surface area contributed by atoms with E-state index in [9.17, 15) is 18.0 Å². The number of hydrogen-bond donors (Lipinski definition) is 1. The topological polar surface area (TPSA) is 37.3 Å². The Bertz CT molecular complexity index is 469.